The average Bonchev–Trinajstić information content (AvgIpc) is 2.69. The van der Waals surface area contributed by atoms with E-state index in [4.69, 9.17) is 11.6 Å². The number of alkyl halides is 1. The molecule has 0 saturated heterocycles. The van der Waals surface area contributed by atoms with Gasteiger partial charge in [0.1, 0.15) is 5.38 Å². The first-order valence-electron chi connectivity index (χ1n) is 9.67. The van der Waals surface area contributed by atoms with Gasteiger partial charge in [-0.15, -0.1) is 11.6 Å². The summed E-state index contributed by atoms with van der Waals surface area (Å²) in [7, 11) is 4.30. The highest BCUT2D eigenvalue weighted by atomic mass is 35.5. The van der Waals surface area contributed by atoms with Crippen LogP contribution in [0, 0.1) is 12.8 Å². The maximum Gasteiger partial charge on any atom is 0.242 e. The number of benzene rings is 2. The number of carbonyl (C=O) groups is 1. The highest BCUT2D eigenvalue weighted by Gasteiger charge is 2.41. The molecule has 3 nitrogen and oxygen atoms in total. The second-order valence-electron chi connectivity index (χ2n) is 7.89. The van der Waals surface area contributed by atoms with Crippen LogP contribution in [-0.2, 0) is 10.3 Å². The number of hydrogen-bond acceptors (Lipinski definition) is 2. The molecule has 4 heteroatoms. The van der Waals surface area contributed by atoms with Crippen LogP contribution in [0.3, 0.4) is 0 Å². The standard InChI is InChI=1S/C23H29ClN2O/c1-17-9-11-20(12-10-17)25-22(27)21(24)18-13-15-23(16-14-18,26(2)3)19-7-5-4-6-8-19/h4-12,18,21H,13-16H2,1-3H3,(H,25,27). The van der Waals surface area contributed by atoms with Crippen LogP contribution in [0.2, 0.25) is 0 Å². The molecule has 0 radical (unpaired) electrons. The fourth-order valence-electron chi connectivity index (χ4n) is 4.21. The van der Waals surface area contributed by atoms with Gasteiger partial charge in [0.2, 0.25) is 5.91 Å². The molecule has 1 aliphatic rings. The fraction of sp³-hybridized carbons (Fsp3) is 0.435. The van der Waals surface area contributed by atoms with Gasteiger partial charge in [0.15, 0.2) is 0 Å². The van der Waals surface area contributed by atoms with Gasteiger partial charge >= 0.3 is 0 Å². The number of aryl methyl sites for hydroxylation is 1. The van der Waals surface area contributed by atoms with Crippen LogP contribution in [0.15, 0.2) is 54.6 Å². The highest BCUT2D eigenvalue weighted by Crippen LogP contribution is 2.44. The number of carbonyl (C=O) groups excluding carboxylic acids is 1. The number of rotatable bonds is 5. The molecule has 2 aromatic carbocycles. The van der Waals surface area contributed by atoms with Crippen molar-refractivity contribution >= 4 is 23.2 Å². The van der Waals surface area contributed by atoms with E-state index in [1.165, 1.54) is 11.1 Å². The van der Waals surface area contributed by atoms with Gasteiger partial charge in [-0.3, -0.25) is 9.69 Å². The van der Waals surface area contributed by atoms with Crippen molar-refractivity contribution in [2.45, 2.75) is 43.5 Å². The lowest BCUT2D eigenvalue weighted by Crippen LogP contribution is -2.46. The van der Waals surface area contributed by atoms with E-state index in [1.54, 1.807) is 0 Å². The van der Waals surface area contributed by atoms with Crippen LogP contribution < -0.4 is 5.32 Å². The molecule has 1 saturated carbocycles. The summed E-state index contributed by atoms with van der Waals surface area (Å²) in [4.78, 5) is 14.9. The Labute approximate surface area is 167 Å². The van der Waals surface area contributed by atoms with Crippen LogP contribution in [-0.4, -0.2) is 30.3 Å². The Bertz CT molecular complexity index is 750. The largest absolute Gasteiger partial charge is 0.325 e. The molecule has 3 rings (SSSR count). The fourth-order valence-corrected chi connectivity index (χ4v) is 4.52. The molecule has 0 aromatic heterocycles. The third-order valence-electron chi connectivity index (χ3n) is 6.01. The Hall–Kier alpha value is -1.84. The molecule has 1 amide bonds. The van der Waals surface area contributed by atoms with Crippen molar-refractivity contribution in [2.75, 3.05) is 19.4 Å². The van der Waals surface area contributed by atoms with Crippen LogP contribution in [0.5, 0.6) is 0 Å². The predicted molar refractivity (Wildman–Crippen MR) is 113 cm³/mol. The normalized spacial score (nSPS) is 23.8. The van der Waals surface area contributed by atoms with Crippen LogP contribution in [0.1, 0.15) is 36.8 Å². The number of anilines is 1. The third kappa shape index (κ3) is 4.36. The minimum absolute atomic E-state index is 0.0296. The maximum absolute atomic E-state index is 12.6. The van der Waals surface area contributed by atoms with Gasteiger partial charge in [-0.25, -0.2) is 0 Å². The van der Waals surface area contributed by atoms with Gasteiger partial charge in [0.25, 0.3) is 0 Å². The van der Waals surface area contributed by atoms with Crippen molar-refractivity contribution in [2.24, 2.45) is 5.92 Å². The van der Waals surface area contributed by atoms with Gasteiger partial charge in [-0.05, 0) is 70.3 Å². The van der Waals surface area contributed by atoms with Gasteiger partial charge in [0.05, 0.1) is 0 Å². The molecule has 1 N–H and O–H groups in total. The summed E-state index contributed by atoms with van der Waals surface area (Å²) in [6.07, 6.45) is 3.91. The molecule has 27 heavy (non-hydrogen) atoms. The first-order chi connectivity index (χ1) is 12.9. The summed E-state index contributed by atoms with van der Waals surface area (Å²) in [6.45, 7) is 2.03. The predicted octanol–water partition coefficient (Wildman–Crippen LogP) is 5.19. The van der Waals surface area contributed by atoms with Crippen LogP contribution in [0.25, 0.3) is 0 Å². The molecule has 144 valence electrons. The summed E-state index contributed by atoms with van der Waals surface area (Å²) in [5.41, 5.74) is 3.35. The Morgan fingerprint density at radius 1 is 1.07 bits per heavy atom. The lowest BCUT2D eigenvalue weighted by Gasteiger charge is -2.46. The highest BCUT2D eigenvalue weighted by molar-refractivity contribution is 6.32. The van der Waals surface area contributed by atoms with Crippen molar-refractivity contribution < 1.29 is 4.79 Å². The summed E-state index contributed by atoms with van der Waals surface area (Å²) < 4.78 is 0. The quantitative estimate of drug-likeness (QED) is 0.719. The second kappa shape index (κ2) is 8.45. The van der Waals surface area contributed by atoms with Crippen LogP contribution in [0.4, 0.5) is 5.69 Å². The summed E-state index contributed by atoms with van der Waals surface area (Å²) in [6, 6.07) is 18.5. The molecule has 2 aromatic rings. The van der Waals surface area contributed by atoms with Gasteiger partial charge in [-0.2, -0.15) is 0 Å². The lowest BCUT2D eigenvalue weighted by atomic mass is 9.71. The molecule has 0 aliphatic heterocycles. The van der Waals surface area contributed by atoms with Gasteiger partial charge < -0.3 is 5.32 Å². The van der Waals surface area contributed by atoms with E-state index in [0.29, 0.717) is 0 Å². The van der Waals surface area contributed by atoms with Gasteiger partial charge in [0, 0.05) is 11.2 Å². The SMILES string of the molecule is Cc1ccc(NC(=O)C(Cl)C2CCC(c3ccccc3)(N(C)C)CC2)cc1. The molecule has 1 fully saturated rings. The van der Waals surface area contributed by atoms with Crippen LogP contribution >= 0.6 is 11.6 Å². The number of nitrogens with one attached hydrogen (secondary N) is 1. The summed E-state index contributed by atoms with van der Waals surface area (Å²) >= 11 is 6.58. The average molecular weight is 385 g/mol. The smallest absolute Gasteiger partial charge is 0.242 e. The van der Waals surface area contributed by atoms with E-state index in [2.05, 4.69) is 54.6 Å². The summed E-state index contributed by atoms with van der Waals surface area (Å²) in [5.74, 6) is 0.108. The van der Waals surface area contributed by atoms with Crippen molar-refractivity contribution in [3.8, 4) is 0 Å². The van der Waals surface area contributed by atoms with E-state index < -0.39 is 5.38 Å². The van der Waals surface area contributed by atoms with E-state index >= 15 is 0 Å². The van der Waals surface area contributed by atoms with Gasteiger partial charge in [-0.1, -0.05) is 48.0 Å². The van der Waals surface area contributed by atoms with Crippen molar-refractivity contribution in [1.82, 2.24) is 4.90 Å². The van der Waals surface area contributed by atoms with Crippen molar-refractivity contribution in [3.63, 3.8) is 0 Å². The lowest BCUT2D eigenvalue weighted by molar-refractivity contribution is -0.117. The molecular formula is C23H29ClN2O. The Morgan fingerprint density at radius 2 is 1.67 bits per heavy atom. The number of hydrogen-bond donors (Lipinski definition) is 1. The number of amides is 1. The molecule has 1 atom stereocenters. The van der Waals surface area contributed by atoms with E-state index in [1.807, 2.05) is 31.2 Å². The topological polar surface area (TPSA) is 32.3 Å². The molecule has 0 heterocycles. The first kappa shape index (κ1) is 19.9. The minimum Gasteiger partial charge on any atom is -0.325 e. The number of nitrogens with zero attached hydrogens (tertiary/aromatic N) is 1. The number of halogens is 1. The molecule has 0 bridgehead atoms. The van der Waals surface area contributed by atoms with Crippen molar-refractivity contribution in [1.29, 1.82) is 0 Å². The monoisotopic (exact) mass is 384 g/mol. The zero-order valence-electron chi connectivity index (χ0n) is 16.4. The Kier molecular flexibility index (Phi) is 6.23. The maximum atomic E-state index is 12.6. The van der Waals surface area contributed by atoms with E-state index in [-0.39, 0.29) is 17.4 Å². The van der Waals surface area contributed by atoms with E-state index in [0.717, 1.165) is 31.4 Å². The molecule has 1 unspecified atom stereocenters. The van der Waals surface area contributed by atoms with Crippen molar-refractivity contribution in [3.05, 3.63) is 65.7 Å². The Balaban J connectivity index is 1.65. The third-order valence-corrected chi connectivity index (χ3v) is 6.56. The minimum atomic E-state index is -0.498. The second-order valence-corrected chi connectivity index (χ2v) is 8.36. The molecular weight excluding hydrogens is 356 g/mol. The first-order valence-corrected chi connectivity index (χ1v) is 10.1. The zero-order chi connectivity index (χ0) is 19.4. The molecule has 1 aliphatic carbocycles. The summed E-state index contributed by atoms with van der Waals surface area (Å²) in [5, 5.41) is 2.46. The molecule has 0 spiro atoms. The van der Waals surface area contributed by atoms with E-state index in [9.17, 15) is 4.79 Å². The zero-order valence-corrected chi connectivity index (χ0v) is 17.2. The Morgan fingerprint density at radius 3 is 2.22 bits per heavy atom.